The predicted molar refractivity (Wildman–Crippen MR) is 49.5 cm³/mol. The third kappa shape index (κ3) is 2.27. The summed E-state index contributed by atoms with van der Waals surface area (Å²) in [5.74, 6) is 0. The van der Waals surface area contributed by atoms with Crippen molar-refractivity contribution in [3.05, 3.63) is 32.8 Å². The lowest BCUT2D eigenvalue weighted by Crippen LogP contribution is -2.07. The van der Waals surface area contributed by atoms with Crippen LogP contribution in [0.2, 0.25) is 5.02 Å². The molecule has 0 atom stereocenters. The Morgan fingerprint density at radius 3 is 2.36 bits per heavy atom. The maximum Gasteiger partial charge on any atom is 0.417 e. The van der Waals surface area contributed by atoms with Crippen LogP contribution < -0.4 is 0 Å². The van der Waals surface area contributed by atoms with Crippen molar-refractivity contribution >= 4 is 33.8 Å². The molecule has 0 bridgehead atoms. The summed E-state index contributed by atoms with van der Waals surface area (Å²) in [5.41, 5.74) is -1.06. The maximum absolute atomic E-state index is 12.3. The molecule has 0 aliphatic carbocycles. The molecule has 1 nitrogen and oxygen atoms in total. The topological polar surface area (TPSA) is 17.1 Å². The first-order chi connectivity index (χ1) is 6.36. The van der Waals surface area contributed by atoms with Gasteiger partial charge in [-0.05, 0) is 28.1 Å². The van der Waals surface area contributed by atoms with Crippen molar-refractivity contribution in [3.8, 4) is 0 Å². The van der Waals surface area contributed by atoms with Crippen molar-refractivity contribution in [2.45, 2.75) is 6.18 Å². The van der Waals surface area contributed by atoms with E-state index in [0.717, 1.165) is 12.1 Å². The lowest BCUT2D eigenvalue weighted by atomic mass is 10.1. The van der Waals surface area contributed by atoms with E-state index in [1.807, 2.05) is 0 Å². The van der Waals surface area contributed by atoms with Gasteiger partial charge < -0.3 is 0 Å². The number of alkyl halides is 3. The number of carbonyl (C=O) groups is 1. The van der Waals surface area contributed by atoms with Gasteiger partial charge in [-0.25, -0.2) is 0 Å². The molecule has 6 heteroatoms. The normalized spacial score (nSPS) is 11.5. The molecule has 0 N–H and O–H groups in total. The second-order valence-electron chi connectivity index (χ2n) is 2.48. The van der Waals surface area contributed by atoms with E-state index >= 15 is 0 Å². The molecule has 0 spiro atoms. The highest BCUT2D eigenvalue weighted by molar-refractivity contribution is 9.10. The summed E-state index contributed by atoms with van der Waals surface area (Å²) in [6.45, 7) is 0. The van der Waals surface area contributed by atoms with E-state index in [1.165, 1.54) is 0 Å². The van der Waals surface area contributed by atoms with Gasteiger partial charge in [0, 0.05) is 10.0 Å². The molecular weight excluding hydrogens is 284 g/mol. The second kappa shape index (κ2) is 3.90. The van der Waals surface area contributed by atoms with E-state index in [2.05, 4.69) is 15.9 Å². The zero-order valence-corrected chi connectivity index (χ0v) is 8.87. The number of carbonyl (C=O) groups excluding carboxylic acids is 1. The first kappa shape index (κ1) is 11.5. The second-order valence-corrected chi connectivity index (χ2v) is 3.68. The van der Waals surface area contributed by atoms with Crippen molar-refractivity contribution in [1.82, 2.24) is 0 Å². The SMILES string of the molecule is O=Cc1cc(Cl)c(Br)c(C(F)(F)F)c1. The van der Waals surface area contributed by atoms with Crippen LogP contribution in [0.25, 0.3) is 0 Å². The molecule has 1 aromatic rings. The van der Waals surface area contributed by atoms with E-state index in [-0.39, 0.29) is 15.1 Å². The van der Waals surface area contributed by atoms with Crippen molar-refractivity contribution in [1.29, 1.82) is 0 Å². The molecule has 0 fully saturated rings. The number of halogens is 5. The number of hydrogen-bond donors (Lipinski definition) is 0. The smallest absolute Gasteiger partial charge is 0.298 e. The van der Waals surface area contributed by atoms with Crippen LogP contribution >= 0.6 is 27.5 Å². The minimum absolute atomic E-state index is 0.106. The minimum Gasteiger partial charge on any atom is -0.298 e. The molecule has 0 aliphatic rings. The molecule has 0 amide bonds. The van der Waals surface area contributed by atoms with E-state index in [1.54, 1.807) is 0 Å². The van der Waals surface area contributed by atoms with Gasteiger partial charge in [-0.3, -0.25) is 4.79 Å². The molecule has 0 unspecified atom stereocenters. The van der Waals surface area contributed by atoms with E-state index in [0.29, 0.717) is 6.29 Å². The quantitative estimate of drug-likeness (QED) is 0.715. The van der Waals surface area contributed by atoms with Gasteiger partial charge in [0.2, 0.25) is 0 Å². The number of rotatable bonds is 1. The molecule has 0 aromatic heterocycles. The summed E-state index contributed by atoms with van der Waals surface area (Å²) in [6, 6.07) is 1.90. The first-order valence-corrected chi connectivity index (χ1v) is 4.54. The summed E-state index contributed by atoms with van der Waals surface area (Å²) in [5, 5.41) is -0.137. The van der Waals surface area contributed by atoms with E-state index < -0.39 is 11.7 Å². The van der Waals surface area contributed by atoms with Gasteiger partial charge in [0.05, 0.1) is 10.6 Å². The van der Waals surface area contributed by atoms with Crippen LogP contribution in [0.5, 0.6) is 0 Å². The van der Waals surface area contributed by atoms with Crippen molar-refractivity contribution < 1.29 is 18.0 Å². The van der Waals surface area contributed by atoms with Gasteiger partial charge in [0.15, 0.2) is 0 Å². The van der Waals surface area contributed by atoms with Crippen LogP contribution in [0.3, 0.4) is 0 Å². The third-order valence-electron chi connectivity index (χ3n) is 1.49. The van der Waals surface area contributed by atoms with Crippen molar-refractivity contribution in [3.63, 3.8) is 0 Å². The minimum atomic E-state index is -4.53. The average molecular weight is 287 g/mol. The van der Waals surface area contributed by atoms with Crippen LogP contribution in [-0.4, -0.2) is 6.29 Å². The Morgan fingerprint density at radius 2 is 1.93 bits per heavy atom. The van der Waals surface area contributed by atoms with Gasteiger partial charge >= 0.3 is 6.18 Å². The Bertz CT molecular complexity index is 376. The van der Waals surface area contributed by atoms with Gasteiger partial charge in [-0.1, -0.05) is 11.6 Å². The lowest BCUT2D eigenvalue weighted by Gasteiger charge is -2.10. The molecular formula is C8H3BrClF3O. The van der Waals surface area contributed by atoms with Crippen LogP contribution in [0.15, 0.2) is 16.6 Å². The van der Waals surface area contributed by atoms with Crippen LogP contribution in [-0.2, 0) is 6.18 Å². The van der Waals surface area contributed by atoms with Gasteiger partial charge in [0.1, 0.15) is 6.29 Å². The molecule has 14 heavy (non-hydrogen) atoms. The Morgan fingerprint density at radius 1 is 1.36 bits per heavy atom. The van der Waals surface area contributed by atoms with Crippen molar-refractivity contribution in [2.24, 2.45) is 0 Å². The number of benzene rings is 1. The Labute approximate surface area is 91.0 Å². The lowest BCUT2D eigenvalue weighted by molar-refractivity contribution is -0.138. The Kier molecular flexibility index (Phi) is 3.21. The summed E-state index contributed by atoms with van der Waals surface area (Å²) in [7, 11) is 0. The summed E-state index contributed by atoms with van der Waals surface area (Å²) < 4.78 is 36.8. The molecule has 0 saturated heterocycles. The fourth-order valence-corrected chi connectivity index (χ4v) is 1.57. The maximum atomic E-state index is 12.3. The summed E-state index contributed by atoms with van der Waals surface area (Å²) >= 11 is 8.21. The average Bonchev–Trinajstić information content (AvgIpc) is 2.07. The molecule has 0 aliphatic heterocycles. The third-order valence-corrected chi connectivity index (χ3v) is 2.87. The molecule has 0 saturated carbocycles. The molecule has 0 radical (unpaired) electrons. The van der Waals surface area contributed by atoms with Gasteiger partial charge in [-0.15, -0.1) is 0 Å². The van der Waals surface area contributed by atoms with Crippen LogP contribution in [0.4, 0.5) is 13.2 Å². The first-order valence-electron chi connectivity index (χ1n) is 3.37. The number of aldehydes is 1. The predicted octanol–water partition coefficient (Wildman–Crippen LogP) is 3.93. The zero-order chi connectivity index (χ0) is 10.9. The monoisotopic (exact) mass is 286 g/mol. The Balaban J connectivity index is 3.42. The largest absolute Gasteiger partial charge is 0.417 e. The highest BCUT2D eigenvalue weighted by Crippen LogP contribution is 2.38. The summed E-state index contributed by atoms with van der Waals surface area (Å²) in [4.78, 5) is 10.3. The van der Waals surface area contributed by atoms with E-state index in [9.17, 15) is 18.0 Å². The fourth-order valence-electron chi connectivity index (χ4n) is 0.884. The molecule has 0 heterocycles. The Hall–Kier alpha value is -0.550. The van der Waals surface area contributed by atoms with Crippen LogP contribution in [0, 0.1) is 0 Å². The van der Waals surface area contributed by atoms with Crippen LogP contribution in [0.1, 0.15) is 15.9 Å². The molecule has 76 valence electrons. The zero-order valence-electron chi connectivity index (χ0n) is 6.53. The van der Waals surface area contributed by atoms with Gasteiger partial charge in [-0.2, -0.15) is 13.2 Å². The van der Waals surface area contributed by atoms with Crippen molar-refractivity contribution in [2.75, 3.05) is 0 Å². The highest BCUT2D eigenvalue weighted by Gasteiger charge is 2.34. The molecule has 1 rings (SSSR count). The standard InChI is InChI=1S/C8H3BrClF3O/c9-7-5(8(11,12)13)1-4(3-14)2-6(7)10/h1-3H. The van der Waals surface area contributed by atoms with E-state index in [4.69, 9.17) is 11.6 Å². The van der Waals surface area contributed by atoms with Gasteiger partial charge in [0.25, 0.3) is 0 Å². The number of hydrogen-bond acceptors (Lipinski definition) is 1. The summed E-state index contributed by atoms with van der Waals surface area (Å²) in [6.07, 6.45) is -4.21. The fraction of sp³-hybridized carbons (Fsp3) is 0.125. The highest BCUT2D eigenvalue weighted by atomic mass is 79.9. The molecule has 1 aromatic carbocycles.